The lowest BCUT2D eigenvalue weighted by Gasteiger charge is -2.10. The standard InChI is InChI=1S/C16H20N4O2S/c1-2-17-16(18-10-9-14-7-5-11-23-14)19-12-13-6-3-4-8-15(13)20(21)22/h3-8,11H,2,9-10,12H2,1H3,(H2,17,18,19). The molecule has 2 aromatic rings. The summed E-state index contributed by atoms with van der Waals surface area (Å²) in [5, 5.41) is 19.5. The van der Waals surface area contributed by atoms with Crippen LogP contribution in [0.15, 0.2) is 46.8 Å². The molecular formula is C16H20N4O2S. The zero-order valence-corrected chi connectivity index (χ0v) is 13.8. The number of hydrogen-bond acceptors (Lipinski definition) is 4. The lowest BCUT2D eigenvalue weighted by molar-refractivity contribution is -0.385. The fourth-order valence-corrected chi connectivity index (χ4v) is 2.80. The van der Waals surface area contributed by atoms with Gasteiger partial charge in [-0.15, -0.1) is 11.3 Å². The quantitative estimate of drug-likeness (QED) is 0.354. The van der Waals surface area contributed by atoms with Gasteiger partial charge in [-0.1, -0.05) is 24.3 Å². The molecule has 0 amide bonds. The Balaban J connectivity index is 1.96. The van der Waals surface area contributed by atoms with E-state index in [1.54, 1.807) is 29.5 Å². The topological polar surface area (TPSA) is 79.6 Å². The molecule has 1 aromatic carbocycles. The van der Waals surface area contributed by atoms with Crippen molar-refractivity contribution in [3.05, 3.63) is 62.3 Å². The van der Waals surface area contributed by atoms with E-state index in [-0.39, 0.29) is 17.2 Å². The van der Waals surface area contributed by atoms with Crippen LogP contribution in [0, 0.1) is 10.1 Å². The van der Waals surface area contributed by atoms with E-state index in [0.717, 1.165) is 19.5 Å². The first-order valence-corrected chi connectivity index (χ1v) is 8.35. The zero-order chi connectivity index (χ0) is 16.5. The molecule has 0 aliphatic heterocycles. The average molecular weight is 332 g/mol. The molecule has 0 bridgehead atoms. The molecule has 122 valence electrons. The van der Waals surface area contributed by atoms with E-state index in [1.165, 1.54) is 10.9 Å². The molecular weight excluding hydrogens is 312 g/mol. The molecule has 0 radical (unpaired) electrons. The van der Waals surface area contributed by atoms with Crippen LogP contribution in [0.4, 0.5) is 5.69 Å². The average Bonchev–Trinajstić information content (AvgIpc) is 3.06. The van der Waals surface area contributed by atoms with Crippen molar-refractivity contribution in [3.63, 3.8) is 0 Å². The van der Waals surface area contributed by atoms with Crippen LogP contribution in [0.1, 0.15) is 17.4 Å². The molecule has 0 aliphatic carbocycles. The molecule has 7 heteroatoms. The fourth-order valence-electron chi connectivity index (χ4n) is 2.09. The third-order valence-corrected chi connectivity index (χ3v) is 4.12. The molecule has 0 unspecified atom stereocenters. The molecule has 0 atom stereocenters. The maximum absolute atomic E-state index is 11.0. The van der Waals surface area contributed by atoms with Gasteiger partial charge in [0.1, 0.15) is 0 Å². The van der Waals surface area contributed by atoms with Crippen molar-refractivity contribution in [2.45, 2.75) is 19.9 Å². The van der Waals surface area contributed by atoms with Gasteiger partial charge < -0.3 is 10.6 Å². The Morgan fingerprint density at radius 3 is 2.78 bits per heavy atom. The number of nitro groups is 1. The van der Waals surface area contributed by atoms with E-state index in [0.29, 0.717) is 11.5 Å². The molecule has 0 spiro atoms. The van der Waals surface area contributed by atoms with Gasteiger partial charge in [0.15, 0.2) is 5.96 Å². The Labute approximate surface area is 139 Å². The van der Waals surface area contributed by atoms with Gasteiger partial charge in [0, 0.05) is 24.0 Å². The van der Waals surface area contributed by atoms with Gasteiger partial charge in [-0.2, -0.15) is 0 Å². The van der Waals surface area contributed by atoms with Gasteiger partial charge in [0.2, 0.25) is 0 Å². The second-order valence-electron chi connectivity index (χ2n) is 4.84. The SMILES string of the molecule is CCNC(=NCc1ccccc1[N+](=O)[O-])NCCc1cccs1. The maximum atomic E-state index is 11.0. The van der Waals surface area contributed by atoms with Crippen LogP contribution in [-0.4, -0.2) is 24.0 Å². The van der Waals surface area contributed by atoms with E-state index >= 15 is 0 Å². The minimum absolute atomic E-state index is 0.102. The van der Waals surface area contributed by atoms with Gasteiger partial charge in [0.25, 0.3) is 5.69 Å². The van der Waals surface area contributed by atoms with E-state index in [4.69, 9.17) is 0 Å². The Bertz CT molecular complexity index is 656. The Morgan fingerprint density at radius 2 is 2.09 bits per heavy atom. The number of para-hydroxylation sites is 1. The maximum Gasteiger partial charge on any atom is 0.274 e. The minimum Gasteiger partial charge on any atom is -0.357 e. The number of nitro benzene ring substituents is 1. The number of rotatable bonds is 7. The van der Waals surface area contributed by atoms with E-state index in [2.05, 4.69) is 27.1 Å². The van der Waals surface area contributed by atoms with E-state index in [9.17, 15) is 10.1 Å². The zero-order valence-electron chi connectivity index (χ0n) is 13.0. The summed E-state index contributed by atoms with van der Waals surface area (Å²) in [6, 6.07) is 10.8. The smallest absolute Gasteiger partial charge is 0.274 e. The van der Waals surface area contributed by atoms with Crippen molar-refractivity contribution >= 4 is 23.0 Å². The van der Waals surface area contributed by atoms with E-state index in [1.807, 2.05) is 13.0 Å². The number of hydrogen-bond donors (Lipinski definition) is 2. The first-order valence-electron chi connectivity index (χ1n) is 7.47. The van der Waals surface area contributed by atoms with Gasteiger partial charge in [-0.25, -0.2) is 4.99 Å². The van der Waals surface area contributed by atoms with Crippen LogP contribution >= 0.6 is 11.3 Å². The number of aliphatic imine (C=N–C) groups is 1. The molecule has 0 saturated heterocycles. The summed E-state index contributed by atoms with van der Waals surface area (Å²) < 4.78 is 0. The monoisotopic (exact) mass is 332 g/mol. The predicted molar refractivity (Wildman–Crippen MR) is 93.9 cm³/mol. The Kier molecular flexibility index (Phi) is 6.56. The number of nitrogens with zero attached hydrogens (tertiary/aromatic N) is 2. The second kappa shape index (κ2) is 8.89. The molecule has 2 N–H and O–H groups in total. The number of guanidine groups is 1. The highest BCUT2D eigenvalue weighted by Gasteiger charge is 2.11. The van der Waals surface area contributed by atoms with Crippen molar-refractivity contribution in [1.29, 1.82) is 0 Å². The Hall–Kier alpha value is -2.41. The first kappa shape index (κ1) is 17.0. The normalized spacial score (nSPS) is 11.3. The van der Waals surface area contributed by atoms with Gasteiger partial charge in [-0.05, 0) is 24.8 Å². The summed E-state index contributed by atoms with van der Waals surface area (Å²) >= 11 is 1.73. The van der Waals surface area contributed by atoms with Gasteiger partial charge >= 0.3 is 0 Å². The lowest BCUT2D eigenvalue weighted by Crippen LogP contribution is -2.38. The van der Waals surface area contributed by atoms with Crippen LogP contribution in [-0.2, 0) is 13.0 Å². The van der Waals surface area contributed by atoms with E-state index < -0.39 is 0 Å². The largest absolute Gasteiger partial charge is 0.357 e. The van der Waals surface area contributed by atoms with Crippen molar-refractivity contribution in [2.75, 3.05) is 13.1 Å². The molecule has 1 heterocycles. The summed E-state index contributed by atoms with van der Waals surface area (Å²) in [4.78, 5) is 16.4. The van der Waals surface area contributed by atoms with Crippen LogP contribution in [0.5, 0.6) is 0 Å². The highest BCUT2D eigenvalue weighted by atomic mass is 32.1. The molecule has 1 aromatic heterocycles. The fraction of sp³-hybridized carbons (Fsp3) is 0.312. The van der Waals surface area contributed by atoms with Gasteiger partial charge in [-0.3, -0.25) is 10.1 Å². The highest BCUT2D eigenvalue weighted by molar-refractivity contribution is 7.09. The predicted octanol–water partition coefficient (Wildman–Crippen LogP) is 2.95. The van der Waals surface area contributed by atoms with Crippen LogP contribution in [0.2, 0.25) is 0 Å². The molecule has 0 aliphatic rings. The summed E-state index contributed by atoms with van der Waals surface area (Å²) in [6.07, 6.45) is 0.924. The molecule has 6 nitrogen and oxygen atoms in total. The summed E-state index contributed by atoms with van der Waals surface area (Å²) in [5.74, 6) is 0.669. The van der Waals surface area contributed by atoms with Gasteiger partial charge in [0.05, 0.1) is 17.0 Å². The van der Waals surface area contributed by atoms with Crippen molar-refractivity contribution in [3.8, 4) is 0 Å². The lowest BCUT2D eigenvalue weighted by atomic mass is 10.2. The number of nitrogens with one attached hydrogen (secondary N) is 2. The summed E-state index contributed by atoms with van der Waals surface area (Å²) in [5.41, 5.74) is 0.707. The first-order chi connectivity index (χ1) is 11.2. The summed E-state index contributed by atoms with van der Waals surface area (Å²) in [6.45, 7) is 3.76. The van der Waals surface area contributed by atoms with Crippen molar-refractivity contribution < 1.29 is 4.92 Å². The molecule has 2 rings (SSSR count). The second-order valence-corrected chi connectivity index (χ2v) is 5.87. The van der Waals surface area contributed by atoms with Crippen molar-refractivity contribution in [2.24, 2.45) is 4.99 Å². The van der Waals surface area contributed by atoms with Crippen LogP contribution in [0.3, 0.4) is 0 Å². The minimum atomic E-state index is -0.373. The van der Waals surface area contributed by atoms with Crippen LogP contribution in [0.25, 0.3) is 0 Å². The number of benzene rings is 1. The number of thiophene rings is 1. The third-order valence-electron chi connectivity index (χ3n) is 3.18. The molecule has 0 fully saturated rings. The molecule has 23 heavy (non-hydrogen) atoms. The highest BCUT2D eigenvalue weighted by Crippen LogP contribution is 2.18. The van der Waals surface area contributed by atoms with Crippen LogP contribution < -0.4 is 10.6 Å². The Morgan fingerprint density at radius 1 is 1.26 bits per heavy atom. The molecule has 0 saturated carbocycles. The van der Waals surface area contributed by atoms with Crippen molar-refractivity contribution in [1.82, 2.24) is 10.6 Å². The summed E-state index contributed by atoms with van der Waals surface area (Å²) in [7, 11) is 0. The third kappa shape index (κ3) is 5.37.